The predicted molar refractivity (Wildman–Crippen MR) is 73.4 cm³/mol. The maximum Gasteiger partial charge on any atom is 0.232 e. The van der Waals surface area contributed by atoms with E-state index in [1.165, 1.54) is 27.7 Å². The number of rotatable bonds is 4. The summed E-state index contributed by atoms with van der Waals surface area (Å²) in [5.41, 5.74) is 0.683. The van der Waals surface area contributed by atoms with E-state index in [0.717, 1.165) is 0 Å². The third kappa shape index (κ3) is 2.40. The Morgan fingerprint density at radius 2 is 1.55 bits per heavy atom. The van der Waals surface area contributed by atoms with Gasteiger partial charge in [0.05, 0.1) is 21.3 Å². The Hall–Kier alpha value is -2.63. The van der Waals surface area contributed by atoms with Gasteiger partial charge in [-0.1, -0.05) is 0 Å². The van der Waals surface area contributed by atoms with Crippen LogP contribution in [0.25, 0.3) is 11.1 Å². The van der Waals surface area contributed by atoms with Crippen LogP contribution in [0.15, 0.2) is 35.6 Å². The summed E-state index contributed by atoms with van der Waals surface area (Å²) in [7, 11) is 4.35. The molecular formula is C14H14N2O4. The lowest BCUT2D eigenvalue weighted by atomic mass is 10.1. The SMILES string of the molecule is COc1ccc(-c2cncnc2)c(=O)c(OC)c1OC. The molecule has 0 N–H and O–H groups in total. The highest BCUT2D eigenvalue weighted by molar-refractivity contribution is 5.66. The molecule has 0 saturated carbocycles. The molecule has 6 nitrogen and oxygen atoms in total. The van der Waals surface area contributed by atoms with Gasteiger partial charge < -0.3 is 14.2 Å². The third-order valence-corrected chi connectivity index (χ3v) is 2.78. The molecule has 0 fully saturated rings. The van der Waals surface area contributed by atoms with Crippen LogP contribution < -0.4 is 19.6 Å². The highest BCUT2D eigenvalue weighted by atomic mass is 16.5. The van der Waals surface area contributed by atoms with Crippen LogP contribution in [0, 0.1) is 0 Å². The average Bonchev–Trinajstić information content (AvgIpc) is 2.63. The Morgan fingerprint density at radius 3 is 2.10 bits per heavy atom. The lowest BCUT2D eigenvalue weighted by Crippen LogP contribution is -2.07. The quantitative estimate of drug-likeness (QED) is 0.842. The molecule has 6 heteroatoms. The van der Waals surface area contributed by atoms with Crippen molar-refractivity contribution in [2.45, 2.75) is 0 Å². The zero-order valence-electron chi connectivity index (χ0n) is 11.4. The van der Waals surface area contributed by atoms with Gasteiger partial charge in [-0.05, 0) is 12.1 Å². The molecule has 0 saturated heterocycles. The van der Waals surface area contributed by atoms with Crippen LogP contribution in [-0.4, -0.2) is 31.3 Å². The normalized spacial score (nSPS) is 9.95. The molecule has 1 aromatic heterocycles. The Labute approximate surface area is 116 Å². The zero-order chi connectivity index (χ0) is 14.5. The predicted octanol–water partition coefficient (Wildman–Crippen LogP) is 1.53. The van der Waals surface area contributed by atoms with Crippen molar-refractivity contribution in [3.8, 4) is 28.4 Å². The molecule has 104 valence electrons. The van der Waals surface area contributed by atoms with Crippen molar-refractivity contribution in [1.82, 2.24) is 9.97 Å². The lowest BCUT2D eigenvalue weighted by Gasteiger charge is -2.07. The van der Waals surface area contributed by atoms with Crippen LogP contribution in [0.3, 0.4) is 0 Å². The number of hydrogen-bond acceptors (Lipinski definition) is 6. The molecule has 2 aromatic rings. The maximum absolute atomic E-state index is 12.5. The Balaban J connectivity index is 2.80. The smallest absolute Gasteiger partial charge is 0.232 e. The Kier molecular flexibility index (Phi) is 4.14. The van der Waals surface area contributed by atoms with Gasteiger partial charge in [0.25, 0.3) is 0 Å². The molecule has 0 radical (unpaired) electrons. The zero-order valence-corrected chi connectivity index (χ0v) is 11.4. The number of methoxy groups -OCH3 is 3. The monoisotopic (exact) mass is 274 g/mol. The van der Waals surface area contributed by atoms with E-state index >= 15 is 0 Å². The van der Waals surface area contributed by atoms with Crippen molar-refractivity contribution in [3.05, 3.63) is 41.1 Å². The number of ether oxygens (including phenoxy) is 3. The molecule has 0 amide bonds. The molecule has 1 aromatic carbocycles. The van der Waals surface area contributed by atoms with Gasteiger partial charge in [-0.25, -0.2) is 9.97 Å². The van der Waals surface area contributed by atoms with E-state index in [1.54, 1.807) is 24.5 Å². The van der Waals surface area contributed by atoms with E-state index in [-0.39, 0.29) is 16.9 Å². The van der Waals surface area contributed by atoms with Gasteiger partial charge in [-0.2, -0.15) is 0 Å². The van der Waals surface area contributed by atoms with Gasteiger partial charge in [0, 0.05) is 23.5 Å². The summed E-state index contributed by atoms with van der Waals surface area (Å²) < 4.78 is 15.6. The number of nitrogens with zero attached hydrogens (tertiary/aromatic N) is 2. The largest absolute Gasteiger partial charge is 0.493 e. The molecule has 0 atom stereocenters. The van der Waals surface area contributed by atoms with Crippen molar-refractivity contribution >= 4 is 0 Å². The molecule has 1 heterocycles. The summed E-state index contributed by atoms with van der Waals surface area (Å²) in [5.74, 6) is 0.737. The first-order chi connectivity index (χ1) is 9.72. The van der Waals surface area contributed by atoms with Crippen LogP contribution in [0.5, 0.6) is 17.2 Å². The first-order valence-electron chi connectivity index (χ1n) is 5.81. The van der Waals surface area contributed by atoms with E-state index < -0.39 is 0 Å². The van der Waals surface area contributed by atoms with E-state index in [2.05, 4.69) is 9.97 Å². The second kappa shape index (κ2) is 6.01. The molecule has 0 bridgehead atoms. The van der Waals surface area contributed by atoms with Gasteiger partial charge in [0.15, 0.2) is 5.75 Å². The highest BCUT2D eigenvalue weighted by Gasteiger charge is 2.16. The fourth-order valence-corrected chi connectivity index (χ4v) is 1.85. The standard InChI is InChI=1S/C14H14N2O4/c1-18-11-5-4-10(9-6-15-8-16-7-9)12(17)14(20-3)13(11)19-2/h4-8H,1-3H3. The topological polar surface area (TPSA) is 70.5 Å². The molecule has 0 aliphatic carbocycles. The second-order valence-corrected chi connectivity index (χ2v) is 3.84. The van der Waals surface area contributed by atoms with Crippen LogP contribution in [0.4, 0.5) is 0 Å². The molecule has 2 rings (SSSR count). The lowest BCUT2D eigenvalue weighted by molar-refractivity contribution is 0.325. The average molecular weight is 274 g/mol. The van der Waals surface area contributed by atoms with Crippen LogP contribution in [0.1, 0.15) is 0 Å². The molecule has 0 aliphatic rings. The minimum absolute atomic E-state index is 0.0770. The van der Waals surface area contributed by atoms with Crippen molar-refractivity contribution in [3.63, 3.8) is 0 Å². The molecular weight excluding hydrogens is 260 g/mol. The van der Waals surface area contributed by atoms with Gasteiger partial charge in [0.2, 0.25) is 16.9 Å². The Bertz CT molecular complexity index is 659. The highest BCUT2D eigenvalue weighted by Crippen LogP contribution is 2.34. The van der Waals surface area contributed by atoms with Gasteiger partial charge in [-0.3, -0.25) is 4.79 Å². The number of aromatic nitrogens is 2. The van der Waals surface area contributed by atoms with Crippen LogP contribution in [-0.2, 0) is 0 Å². The van der Waals surface area contributed by atoms with E-state index in [4.69, 9.17) is 14.2 Å². The van der Waals surface area contributed by atoms with E-state index in [9.17, 15) is 4.79 Å². The van der Waals surface area contributed by atoms with Gasteiger partial charge >= 0.3 is 0 Å². The summed E-state index contributed by atoms with van der Waals surface area (Å²) in [6.07, 6.45) is 4.51. The second-order valence-electron chi connectivity index (χ2n) is 3.84. The summed E-state index contributed by atoms with van der Waals surface area (Å²) >= 11 is 0. The minimum atomic E-state index is -0.317. The molecule has 20 heavy (non-hydrogen) atoms. The first kappa shape index (κ1) is 13.8. The summed E-state index contributed by atoms with van der Waals surface area (Å²) in [5, 5.41) is 0. The fraction of sp³-hybridized carbons (Fsp3) is 0.214. The maximum atomic E-state index is 12.5. The van der Waals surface area contributed by atoms with Gasteiger partial charge in [-0.15, -0.1) is 0 Å². The molecule has 0 aliphatic heterocycles. The molecule has 0 unspecified atom stereocenters. The minimum Gasteiger partial charge on any atom is -0.493 e. The van der Waals surface area contributed by atoms with Crippen LogP contribution >= 0.6 is 0 Å². The van der Waals surface area contributed by atoms with Crippen molar-refractivity contribution < 1.29 is 14.2 Å². The summed E-state index contributed by atoms with van der Waals surface area (Å²) in [6, 6.07) is 3.27. The summed E-state index contributed by atoms with van der Waals surface area (Å²) in [4.78, 5) is 20.4. The van der Waals surface area contributed by atoms with E-state index in [0.29, 0.717) is 16.9 Å². The summed E-state index contributed by atoms with van der Waals surface area (Å²) in [6.45, 7) is 0. The van der Waals surface area contributed by atoms with Crippen LogP contribution in [0.2, 0.25) is 0 Å². The third-order valence-electron chi connectivity index (χ3n) is 2.78. The van der Waals surface area contributed by atoms with Crippen molar-refractivity contribution in [1.29, 1.82) is 0 Å². The first-order valence-corrected chi connectivity index (χ1v) is 5.81. The van der Waals surface area contributed by atoms with Gasteiger partial charge in [0.1, 0.15) is 6.33 Å². The number of hydrogen-bond donors (Lipinski definition) is 0. The van der Waals surface area contributed by atoms with Crippen molar-refractivity contribution in [2.75, 3.05) is 21.3 Å². The van der Waals surface area contributed by atoms with E-state index in [1.807, 2.05) is 0 Å². The Morgan fingerprint density at radius 1 is 0.900 bits per heavy atom. The molecule has 0 spiro atoms. The van der Waals surface area contributed by atoms with Crippen molar-refractivity contribution in [2.24, 2.45) is 0 Å². The fourth-order valence-electron chi connectivity index (χ4n) is 1.85.